The Morgan fingerprint density at radius 1 is 1.16 bits per heavy atom. The van der Waals surface area contributed by atoms with Gasteiger partial charge in [0.15, 0.2) is 0 Å². The smallest absolute Gasteiger partial charge is 0.281 e. The van der Waals surface area contributed by atoms with E-state index in [1.165, 1.54) is 24.3 Å². The maximum atomic E-state index is 14.2. The van der Waals surface area contributed by atoms with E-state index in [0.29, 0.717) is 12.0 Å². The van der Waals surface area contributed by atoms with E-state index in [2.05, 4.69) is 0 Å². The second kappa shape index (κ2) is 7.90. The fourth-order valence-electron chi connectivity index (χ4n) is 2.35. The molecule has 0 aliphatic heterocycles. The molecule has 6 nitrogen and oxygen atoms in total. The Morgan fingerprint density at radius 3 is 2.16 bits per heavy atom. The van der Waals surface area contributed by atoms with Gasteiger partial charge < -0.3 is 0 Å². The summed E-state index contributed by atoms with van der Waals surface area (Å²) in [5.41, 5.74) is 0.147. The minimum atomic E-state index is -4.51. The molecule has 142 valence electrons. The van der Waals surface area contributed by atoms with E-state index in [-0.39, 0.29) is 11.3 Å². The summed E-state index contributed by atoms with van der Waals surface area (Å²) < 4.78 is 87.0. The minimum Gasteiger partial charge on any atom is -0.286 e. The number of hydrogen-bond donors (Lipinski definition) is 2. The summed E-state index contributed by atoms with van der Waals surface area (Å²) in [5.74, 6) is -5.02. The third-order valence-electron chi connectivity index (χ3n) is 3.66. The first-order valence-corrected chi connectivity index (χ1v) is 10.5. The van der Waals surface area contributed by atoms with Gasteiger partial charge in [0.1, 0.15) is 0 Å². The molecule has 1 aromatic rings. The van der Waals surface area contributed by atoms with Crippen molar-refractivity contribution in [1.29, 1.82) is 0 Å². The molecule has 25 heavy (non-hydrogen) atoms. The first kappa shape index (κ1) is 21.7. The highest BCUT2D eigenvalue weighted by atomic mass is 32.2. The molecule has 2 rings (SSSR count). The second-order valence-corrected chi connectivity index (χ2v) is 8.95. The van der Waals surface area contributed by atoms with Gasteiger partial charge in [-0.15, -0.1) is 0 Å². The number of fused-ring (bicyclic) bond motifs is 1. The van der Waals surface area contributed by atoms with Crippen LogP contribution < -0.4 is 0 Å². The van der Waals surface area contributed by atoms with Crippen LogP contribution in [0.1, 0.15) is 31.4 Å². The fraction of sp³-hybridized carbons (Fsp3) is 0.467. The summed E-state index contributed by atoms with van der Waals surface area (Å²) >= 11 is 0. The number of alkyl halides is 2. The number of benzene rings is 1. The molecule has 0 saturated heterocycles. The molecule has 0 amide bonds. The van der Waals surface area contributed by atoms with Gasteiger partial charge in [-0.25, -0.2) is 8.78 Å². The van der Waals surface area contributed by atoms with Crippen LogP contribution in [0.5, 0.6) is 0 Å². The third kappa shape index (κ3) is 5.84. The lowest BCUT2D eigenvalue weighted by Crippen LogP contribution is -2.38. The molecule has 2 atom stereocenters. The monoisotopic (exact) mass is 398 g/mol. The zero-order valence-corrected chi connectivity index (χ0v) is 15.3. The highest BCUT2D eigenvalue weighted by Gasteiger charge is 2.48. The van der Waals surface area contributed by atoms with Crippen molar-refractivity contribution in [1.82, 2.24) is 0 Å². The summed E-state index contributed by atoms with van der Waals surface area (Å²) in [7, 11) is -8.18. The zero-order valence-electron chi connectivity index (χ0n) is 13.6. The molecule has 1 aromatic carbocycles. The largest absolute Gasteiger partial charge is 0.286 e. The van der Waals surface area contributed by atoms with Crippen LogP contribution in [0, 0.1) is 5.92 Å². The highest BCUT2D eigenvalue weighted by Crippen LogP contribution is 2.45. The Kier molecular flexibility index (Phi) is 6.85. The molecular weight excluding hydrogens is 378 g/mol. The van der Waals surface area contributed by atoms with E-state index in [9.17, 15) is 25.6 Å². The maximum Gasteiger partial charge on any atom is 0.281 e. The van der Waals surface area contributed by atoms with Gasteiger partial charge in [-0.2, -0.15) is 16.8 Å². The van der Waals surface area contributed by atoms with Crippen LogP contribution in [0.25, 0.3) is 6.08 Å². The van der Waals surface area contributed by atoms with Crippen LogP contribution >= 0.6 is 0 Å². The van der Waals surface area contributed by atoms with Gasteiger partial charge in [0, 0.05) is 5.56 Å². The lowest BCUT2D eigenvalue weighted by molar-refractivity contribution is -0.0489. The van der Waals surface area contributed by atoms with Crippen molar-refractivity contribution in [2.45, 2.75) is 31.4 Å². The Hall–Kier alpha value is -1.36. The molecule has 0 aromatic heterocycles. The van der Waals surface area contributed by atoms with Crippen molar-refractivity contribution < 1.29 is 34.7 Å². The molecule has 0 heterocycles. The Bertz CT molecular complexity index is 831. The number of halogens is 2. The first-order valence-electron chi connectivity index (χ1n) is 7.37. The number of rotatable bonds is 4. The fourth-order valence-corrected chi connectivity index (χ4v) is 3.50. The lowest BCUT2D eigenvalue weighted by Gasteiger charge is -2.32. The van der Waals surface area contributed by atoms with Crippen LogP contribution in [0.2, 0.25) is 0 Å². The van der Waals surface area contributed by atoms with Gasteiger partial charge in [0.2, 0.25) is 0 Å². The van der Waals surface area contributed by atoms with E-state index in [0.717, 1.165) is 13.0 Å². The van der Waals surface area contributed by atoms with Gasteiger partial charge in [-0.05, 0) is 18.9 Å². The van der Waals surface area contributed by atoms with Crippen molar-refractivity contribution in [2.75, 3.05) is 5.75 Å². The normalized spacial score (nSPS) is 20.2. The van der Waals surface area contributed by atoms with Gasteiger partial charge in [0.25, 0.3) is 26.2 Å². The lowest BCUT2D eigenvalue weighted by atomic mass is 9.84. The van der Waals surface area contributed by atoms with E-state index in [1.54, 1.807) is 13.0 Å². The molecule has 0 fully saturated rings. The molecule has 2 unspecified atom stereocenters. The van der Waals surface area contributed by atoms with E-state index >= 15 is 0 Å². The summed E-state index contributed by atoms with van der Waals surface area (Å²) in [5, 5.41) is -1.56. The van der Waals surface area contributed by atoms with Crippen LogP contribution in [0.4, 0.5) is 8.78 Å². The van der Waals surface area contributed by atoms with Crippen molar-refractivity contribution >= 4 is 26.3 Å². The quantitative estimate of drug-likeness (QED) is 0.755. The summed E-state index contributed by atoms with van der Waals surface area (Å²) in [6, 6.07) is 5.91. The summed E-state index contributed by atoms with van der Waals surface area (Å²) in [6.07, 6.45) is 3.07. The van der Waals surface area contributed by atoms with E-state index in [4.69, 9.17) is 9.11 Å². The topological polar surface area (TPSA) is 109 Å². The molecule has 2 N–H and O–H groups in total. The van der Waals surface area contributed by atoms with Crippen LogP contribution in [0.15, 0.2) is 30.3 Å². The van der Waals surface area contributed by atoms with Crippen molar-refractivity contribution in [2.24, 2.45) is 5.92 Å². The minimum absolute atomic E-state index is 0.132. The van der Waals surface area contributed by atoms with Crippen molar-refractivity contribution in [3.05, 3.63) is 41.5 Å². The van der Waals surface area contributed by atoms with Crippen LogP contribution in [-0.2, 0) is 26.2 Å². The molecule has 0 radical (unpaired) electrons. The van der Waals surface area contributed by atoms with Gasteiger partial charge >= 0.3 is 0 Å². The second-order valence-electron chi connectivity index (χ2n) is 5.60. The number of hydrogen-bond acceptors (Lipinski definition) is 4. The summed E-state index contributed by atoms with van der Waals surface area (Å²) in [4.78, 5) is 0. The van der Waals surface area contributed by atoms with Crippen molar-refractivity contribution in [3.8, 4) is 0 Å². The molecule has 0 spiro atoms. The predicted octanol–water partition coefficient (Wildman–Crippen LogP) is 2.98. The van der Waals surface area contributed by atoms with Gasteiger partial charge in [-0.1, -0.05) is 43.3 Å². The van der Waals surface area contributed by atoms with Gasteiger partial charge in [0.05, 0.1) is 16.9 Å². The molecule has 0 saturated carbocycles. The van der Waals surface area contributed by atoms with Crippen molar-refractivity contribution in [3.63, 3.8) is 0 Å². The average molecular weight is 398 g/mol. The van der Waals surface area contributed by atoms with Crippen LogP contribution in [-0.4, -0.2) is 36.9 Å². The molecule has 1 aliphatic carbocycles. The Morgan fingerprint density at radius 2 is 1.72 bits per heavy atom. The van der Waals surface area contributed by atoms with E-state index in [1.807, 2.05) is 0 Å². The first-order chi connectivity index (χ1) is 11.3. The third-order valence-corrected chi connectivity index (χ3v) is 5.82. The Labute approximate surface area is 146 Å². The van der Waals surface area contributed by atoms with Crippen LogP contribution in [0.3, 0.4) is 0 Å². The predicted molar refractivity (Wildman–Crippen MR) is 90.6 cm³/mol. The molecule has 0 bridgehead atoms. The molecular formula is C15H20F2O6S2. The molecule has 1 aliphatic rings. The average Bonchev–Trinajstić information content (AvgIpc) is 2.45. The maximum absolute atomic E-state index is 14.2. The Balaban J connectivity index is 0.000000381. The van der Waals surface area contributed by atoms with E-state index < -0.39 is 37.3 Å². The summed E-state index contributed by atoms with van der Waals surface area (Å²) in [6.45, 7) is 2.76. The highest BCUT2D eigenvalue weighted by molar-refractivity contribution is 7.86. The number of allylic oxidation sites excluding steroid dienone is 1. The molecule has 10 heteroatoms. The standard InChI is InChI=1S/C12H12F2O3S.C3H8O3S/c1-8(18(15,16)17)10-7-6-9-4-2-3-5-11(9)12(10,13)14;1-2-3-7(4,5)6/h2-8,10H,1H3,(H,15,16,17);2-3H2,1H3,(H,4,5,6). The zero-order chi connectivity index (χ0) is 19.5. The SMILES string of the molecule is CC(C1C=Cc2ccccc2C1(F)F)S(=O)(=O)O.CCCS(=O)(=O)O. The van der Waals surface area contributed by atoms with Gasteiger partial charge in [-0.3, -0.25) is 9.11 Å².